The van der Waals surface area contributed by atoms with E-state index in [1.807, 2.05) is 66.7 Å². The Labute approximate surface area is 195 Å². The number of halogens is 1. The van der Waals surface area contributed by atoms with E-state index in [1.54, 1.807) is 0 Å². The molecule has 5 heteroatoms. The average Bonchev–Trinajstić information content (AvgIpc) is 2.84. The Kier molecular flexibility index (Phi) is 8.71. The third kappa shape index (κ3) is 6.89. The molecule has 4 atom stereocenters. The zero-order valence-electron chi connectivity index (χ0n) is 18.0. The van der Waals surface area contributed by atoms with Crippen LogP contribution in [0.2, 0.25) is 0 Å². The van der Waals surface area contributed by atoms with E-state index in [0.29, 0.717) is 32.8 Å². The van der Waals surface area contributed by atoms with Crippen molar-refractivity contribution < 1.29 is 18.9 Å². The lowest BCUT2D eigenvalue weighted by Crippen LogP contribution is -2.51. The second-order valence-corrected chi connectivity index (χ2v) is 8.40. The van der Waals surface area contributed by atoms with Gasteiger partial charge >= 0.3 is 0 Å². The van der Waals surface area contributed by atoms with Gasteiger partial charge in [-0.3, -0.25) is 0 Å². The van der Waals surface area contributed by atoms with E-state index in [1.165, 1.54) is 0 Å². The molecule has 1 aliphatic heterocycles. The van der Waals surface area contributed by atoms with Crippen LogP contribution in [0, 0.1) is 0 Å². The smallest absolute Gasteiger partial charge is 0.134 e. The maximum atomic E-state index is 6.45. The van der Waals surface area contributed by atoms with Crippen LogP contribution in [-0.4, -0.2) is 30.5 Å². The molecule has 0 aliphatic carbocycles. The van der Waals surface area contributed by atoms with Crippen LogP contribution in [0.4, 0.5) is 0 Å². The predicted molar refractivity (Wildman–Crippen MR) is 125 cm³/mol. The van der Waals surface area contributed by atoms with Crippen molar-refractivity contribution in [2.75, 3.05) is 6.61 Å². The summed E-state index contributed by atoms with van der Waals surface area (Å²) in [6, 6.07) is 30.3. The molecule has 0 spiro atoms. The molecule has 3 aromatic rings. The van der Waals surface area contributed by atoms with E-state index in [2.05, 4.69) is 24.3 Å². The molecule has 1 saturated heterocycles. The topological polar surface area (TPSA) is 36.9 Å². The van der Waals surface area contributed by atoms with Gasteiger partial charge in [0, 0.05) is 6.42 Å². The first-order chi connectivity index (χ1) is 15.8. The molecule has 1 fully saturated rings. The molecular formula is C27H29ClO4. The Hall–Kier alpha value is -2.21. The minimum Gasteiger partial charge on any atom is -0.374 e. The monoisotopic (exact) mass is 452 g/mol. The molecule has 3 aromatic carbocycles. The number of benzene rings is 3. The van der Waals surface area contributed by atoms with Gasteiger partial charge in [0.05, 0.1) is 32.5 Å². The summed E-state index contributed by atoms with van der Waals surface area (Å²) in [6.07, 6.45) is -0.243. The van der Waals surface area contributed by atoms with Crippen LogP contribution in [0.25, 0.3) is 0 Å². The summed E-state index contributed by atoms with van der Waals surface area (Å²) in [7, 11) is 0. The SMILES string of the molecule is Cl[C@@H]1C[C@@H](OCc2ccccc2)[C@H](OCc2ccccc2)[C@@H](COCc2ccccc2)O1. The van der Waals surface area contributed by atoms with Crippen LogP contribution in [0.3, 0.4) is 0 Å². The van der Waals surface area contributed by atoms with Crippen LogP contribution in [0.1, 0.15) is 23.1 Å². The highest BCUT2D eigenvalue weighted by molar-refractivity contribution is 6.19. The van der Waals surface area contributed by atoms with E-state index >= 15 is 0 Å². The van der Waals surface area contributed by atoms with E-state index in [0.717, 1.165) is 16.7 Å². The molecule has 32 heavy (non-hydrogen) atoms. The summed E-state index contributed by atoms with van der Waals surface area (Å²) in [5.74, 6) is 0. The molecule has 4 nitrogen and oxygen atoms in total. The Morgan fingerprint density at radius 2 is 1.19 bits per heavy atom. The lowest BCUT2D eigenvalue weighted by Gasteiger charge is -2.39. The lowest BCUT2D eigenvalue weighted by molar-refractivity contribution is -0.205. The second-order valence-electron chi connectivity index (χ2n) is 7.92. The van der Waals surface area contributed by atoms with Crippen molar-refractivity contribution in [3.8, 4) is 0 Å². The summed E-state index contributed by atoms with van der Waals surface area (Å²) in [4.78, 5) is 0. The zero-order valence-corrected chi connectivity index (χ0v) is 18.8. The van der Waals surface area contributed by atoms with Gasteiger partial charge in [-0.1, -0.05) is 103 Å². The van der Waals surface area contributed by atoms with E-state index in [-0.39, 0.29) is 18.3 Å². The number of rotatable bonds is 10. The molecule has 1 aliphatic rings. The van der Waals surface area contributed by atoms with Crippen LogP contribution < -0.4 is 0 Å². The number of hydrogen-bond donors (Lipinski definition) is 0. The fraction of sp³-hybridized carbons (Fsp3) is 0.333. The molecule has 168 valence electrons. The molecular weight excluding hydrogens is 424 g/mol. The maximum Gasteiger partial charge on any atom is 0.134 e. The largest absolute Gasteiger partial charge is 0.374 e. The fourth-order valence-corrected chi connectivity index (χ4v) is 4.11. The highest BCUT2D eigenvalue weighted by atomic mass is 35.5. The molecule has 0 amide bonds. The van der Waals surface area contributed by atoms with Gasteiger partial charge in [0.2, 0.25) is 0 Å². The van der Waals surface area contributed by atoms with Crippen LogP contribution in [0.5, 0.6) is 0 Å². The summed E-state index contributed by atoms with van der Waals surface area (Å²) in [6.45, 7) is 1.86. The Balaban J connectivity index is 1.42. The predicted octanol–water partition coefficient (Wildman–Crippen LogP) is 5.73. The summed E-state index contributed by atoms with van der Waals surface area (Å²) in [5.41, 5.74) is 2.89. The average molecular weight is 453 g/mol. The third-order valence-electron chi connectivity index (χ3n) is 5.46. The van der Waals surface area contributed by atoms with E-state index in [4.69, 9.17) is 30.5 Å². The molecule has 4 rings (SSSR count). The fourth-order valence-electron chi connectivity index (χ4n) is 3.80. The van der Waals surface area contributed by atoms with Gasteiger partial charge in [-0.25, -0.2) is 0 Å². The van der Waals surface area contributed by atoms with Crippen molar-refractivity contribution in [2.24, 2.45) is 0 Å². The van der Waals surface area contributed by atoms with Crippen LogP contribution in [-0.2, 0) is 38.8 Å². The molecule has 0 N–H and O–H groups in total. The first-order valence-electron chi connectivity index (χ1n) is 11.0. The van der Waals surface area contributed by atoms with Gasteiger partial charge in [0.1, 0.15) is 17.8 Å². The van der Waals surface area contributed by atoms with Crippen molar-refractivity contribution in [3.05, 3.63) is 108 Å². The molecule has 0 aromatic heterocycles. The molecule has 1 heterocycles. The van der Waals surface area contributed by atoms with E-state index in [9.17, 15) is 0 Å². The molecule has 0 bridgehead atoms. The minimum atomic E-state index is -0.447. The van der Waals surface area contributed by atoms with Crippen LogP contribution in [0.15, 0.2) is 91.0 Å². The molecule has 0 radical (unpaired) electrons. The summed E-state index contributed by atoms with van der Waals surface area (Å²) >= 11 is 6.45. The summed E-state index contributed by atoms with van der Waals surface area (Å²) in [5, 5.41) is 0. The first-order valence-corrected chi connectivity index (χ1v) is 11.4. The molecule has 0 unspecified atom stereocenters. The Morgan fingerprint density at radius 3 is 1.75 bits per heavy atom. The number of hydrogen-bond acceptors (Lipinski definition) is 4. The number of alkyl halides is 1. The van der Waals surface area contributed by atoms with Crippen molar-refractivity contribution in [2.45, 2.75) is 50.1 Å². The van der Waals surface area contributed by atoms with Gasteiger partial charge in [0.25, 0.3) is 0 Å². The van der Waals surface area contributed by atoms with Gasteiger partial charge in [-0.15, -0.1) is 0 Å². The quantitative estimate of drug-likeness (QED) is 0.368. The maximum absolute atomic E-state index is 6.45. The van der Waals surface area contributed by atoms with E-state index < -0.39 is 5.56 Å². The van der Waals surface area contributed by atoms with Crippen LogP contribution >= 0.6 is 11.6 Å². The highest BCUT2D eigenvalue weighted by Crippen LogP contribution is 2.29. The van der Waals surface area contributed by atoms with Gasteiger partial charge < -0.3 is 18.9 Å². The minimum absolute atomic E-state index is 0.194. The van der Waals surface area contributed by atoms with Gasteiger partial charge in [-0.05, 0) is 16.7 Å². The second kappa shape index (κ2) is 12.1. The van der Waals surface area contributed by atoms with Crippen molar-refractivity contribution in [1.82, 2.24) is 0 Å². The lowest BCUT2D eigenvalue weighted by atomic mass is 10.0. The Morgan fingerprint density at radius 1 is 0.688 bits per heavy atom. The van der Waals surface area contributed by atoms with Crippen molar-refractivity contribution in [3.63, 3.8) is 0 Å². The normalized spacial score (nSPS) is 23.2. The summed E-state index contributed by atoms with van der Waals surface area (Å²) < 4.78 is 24.7. The highest BCUT2D eigenvalue weighted by Gasteiger charge is 2.40. The van der Waals surface area contributed by atoms with Gasteiger partial charge in [0.15, 0.2) is 0 Å². The van der Waals surface area contributed by atoms with Crippen molar-refractivity contribution in [1.29, 1.82) is 0 Å². The third-order valence-corrected chi connectivity index (χ3v) is 5.74. The van der Waals surface area contributed by atoms with Crippen molar-refractivity contribution >= 4 is 11.6 Å². The first kappa shape index (κ1) is 23.0. The van der Waals surface area contributed by atoms with Gasteiger partial charge in [-0.2, -0.15) is 0 Å². The zero-order chi connectivity index (χ0) is 22.0. The Bertz CT molecular complexity index is 907. The standard InChI is InChI=1S/C27H29ClO4/c28-26-16-24(30-18-22-12-6-2-7-13-22)27(31-19-23-14-8-3-9-15-23)25(32-26)20-29-17-21-10-4-1-5-11-21/h1-15,24-27H,16-20H2/t24-,25-,26+,27+/m1/s1. The number of ether oxygens (including phenoxy) is 4. The molecule has 0 saturated carbocycles.